The average Bonchev–Trinajstić information content (AvgIpc) is 3.51. The molecule has 2 N–H and O–H groups in total. The Bertz CT molecular complexity index is 1430. The number of H-pyrrole nitrogens is 2. The van der Waals surface area contributed by atoms with Gasteiger partial charge in [0.15, 0.2) is 5.82 Å². The number of ether oxygens (including phenoxy) is 1. The van der Waals surface area contributed by atoms with Crippen LogP contribution in [0.4, 0.5) is 10.2 Å². The highest BCUT2D eigenvalue weighted by Crippen LogP contribution is 2.39. The van der Waals surface area contributed by atoms with Crippen LogP contribution in [0.1, 0.15) is 6.92 Å². The second kappa shape index (κ2) is 7.38. The summed E-state index contributed by atoms with van der Waals surface area (Å²) in [5.41, 5.74) is 4.10. The minimum absolute atomic E-state index is 0.142. The van der Waals surface area contributed by atoms with Crippen LogP contribution in [-0.2, 0) is 4.74 Å². The zero-order chi connectivity index (χ0) is 21.7. The first-order valence-electron chi connectivity index (χ1n) is 10.5. The lowest BCUT2D eigenvalue weighted by Gasteiger charge is -2.34. The second-order valence-electron chi connectivity index (χ2n) is 7.89. The smallest absolute Gasteiger partial charge is 0.151 e. The van der Waals surface area contributed by atoms with E-state index >= 15 is 4.39 Å². The number of aromatic amines is 2. The Balaban J connectivity index is 1.70. The highest BCUT2D eigenvalue weighted by molar-refractivity contribution is 6.06. The standard InChI is InChI=1S/C23H20FN7O/c1-13-12-32-9-8-31(13)19-10-16(14-2-5-25-23-15(14)3-6-26-23)20-17(24)11-27-21(22(20)29-19)18-4-7-28-30-18/h2-7,10-11,13H,8-9,12H2,1H3,(H,25,26)(H,28,30)/t13-/m1/s1. The summed E-state index contributed by atoms with van der Waals surface area (Å²) in [5, 5.41) is 8.31. The summed E-state index contributed by atoms with van der Waals surface area (Å²) >= 11 is 0. The lowest BCUT2D eigenvalue weighted by atomic mass is 9.98. The van der Waals surface area contributed by atoms with Gasteiger partial charge < -0.3 is 14.6 Å². The Kier molecular flexibility index (Phi) is 4.36. The maximum Gasteiger partial charge on any atom is 0.151 e. The molecule has 1 atom stereocenters. The zero-order valence-corrected chi connectivity index (χ0v) is 17.3. The van der Waals surface area contributed by atoms with Gasteiger partial charge in [-0.05, 0) is 42.3 Å². The molecule has 5 aromatic heterocycles. The van der Waals surface area contributed by atoms with Crippen LogP contribution in [-0.4, -0.2) is 55.9 Å². The van der Waals surface area contributed by atoms with Crippen molar-refractivity contribution in [2.75, 3.05) is 24.7 Å². The molecular weight excluding hydrogens is 409 g/mol. The van der Waals surface area contributed by atoms with Gasteiger partial charge in [0.25, 0.3) is 0 Å². The number of nitrogens with zero attached hydrogens (tertiary/aromatic N) is 5. The number of hydrogen-bond donors (Lipinski definition) is 2. The van der Waals surface area contributed by atoms with Gasteiger partial charge in [-0.1, -0.05) is 0 Å². The molecule has 1 aliphatic heterocycles. The third-order valence-electron chi connectivity index (χ3n) is 5.94. The Morgan fingerprint density at radius 1 is 1.16 bits per heavy atom. The Labute approximate surface area is 182 Å². The van der Waals surface area contributed by atoms with Gasteiger partial charge in [-0.2, -0.15) is 5.10 Å². The van der Waals surface area contributed by atoms with Crippen molar-refractivity contribution in [2.24, 2.45) is 0 Å². The third kappa shape index (κ3) is 2.93. The molecule has 0 unspecified atom stereocenters. The molecule has 1 fully saturated rings. The van der Waals surface area contributed by atoms with Crippen molar-refractivity contribution in [3.8, 4) is 22.5 Å². The summed E-state index contributed by atoms with van der Waals surface area (Å²) in [5.74, 6) is 0.338. The van der Waals surface area contributed by atoms with Crippen LogP contribution >= 0.6 is 0 Å². The number of morpholine rings is 1. The third-order valence-corrected chi connectivity index (χ3v) is 5.94. The van der Waals surface area contributed by atoms with E-state index in [1.54, 1.807) is 12.4 Å². The van der Waals surface area contributed by atoms with Crippen LogP contribution in [0.15, 0.2) is 49.1 Å². The summed E-state index contributed by atoms with van der Waals surface area (Å²) in [6.45, 7) is 4.03. The molecule has 6 heterocycles. The minimum atomic E-state index is -0.423. The van der Waals surface area contributed by atoms with Gasteiger partial charge in [0.2, 0.25) is 0 Å². The summed E-state index contributed by atoms with van der Waals surface area (Å²) < 4.78 is 21.0. The van der Waals surface area contributed by atoms with Crippen LogP contribution in [0.2, 0.25) is 0 Å². The number of pyridine rings is 3. The summed E-state index contributed by atoms with van der Waals surface area (Å²) in [6.07, 6.45) is 6.46. The molecule has 0 amide bonds. The maximum absolute atomic E-state index is 15.3. The quantitative estimate of drug-likeness (QED) is 0.451. The first kappa shape index (κ1) is 18.9. The molecule has 160 valence electrons. The molecular formula is C23H20FN7O. The molecule has 1 aliphatic rings. The number of anilines is 1. The van der Waals surface area contributed by atoms with E-state index in [1.165, 1.54) is 6.20 Å². The fourth-order valence-electron chi connectivity index (χ4n) is 4.40. The molecule has 0 radical (unpaired) electrons. The van der Waals surface area contributed by atoms with Crippen LogP contribution < -0.4 is 4.90 Å². The Hall–Kier alpha value is -3.85. The summed E-state index contributed by atoms with van der Waals surface area (Å²) in [7, 11) is 0. The highest BCUT2D eigenvalue weighted by atomic mass is 19.1. The highest BCUT2D eigenvalue weighted by Gasteiger charge is 2.25. The fourth-order valence-corrected chi connectivity index (χ4v) is 4.40. The van der Waals surface area contributed by atoms with Crippen molar-refractivity contribution in [3.05, 3.63) is 54.9 Å². The van der Waals surface area contributed by atoms with Crippen molar-refractivity contribution < 1.29 is 9.13 Å². The molecule has 0 bridgehead atoms. The van der Waals surface area contributed by atoms with Gasteiger partial charge in [-0.25, -0.2) is 19.3 Å². The van der Waals surface area contributed by atoms with Crippen LogP contribution in [0, 0.1) is 5.82 Å². The average molecular weight is 429 g/mol. The van der Waals surface area contributed by atoms with Crippen LogP contribution in [0.25, 0.3) is 44.5 Å². The molecule has 9 heteroatoms. The number of rotatable bonds is 3. The first-order valence-corrected chi connectivity index (χ1v) is 10.5. The van der Waals surface area contributed by atoms with E-state index < -0.39 is 5.82 Å². The lowest BCUT2D eigenvalue weighted by Crippen LogP contribution is -2.44. The number of halogens is 1. The Morgan fingerprint density at radius 3 is 2.94 bits per heavy atom. The van der Waals surface area contributed by atoms with Crippen molar-refractivity contribution in [3.63, 3.8) is 0 Å². The monoisotopic (exact) mass is 429 g/mol. The molecule has 5 aromatic rings. The van der Waals surface area contributed by atoms with Gasteiger partial charge >= 0.3 is 0 Å². The summed E-state index contributed by atoms with van der Waals surface area (Å²) in [6, 6.07) is 7.78. The molecule has 6 rings (SSSR count). The maximum atomic E-state index is 15.3. The predicted molar refractivity (Wildman–Crippen MR) is 120 cm³/mol. The first-order chi connectivity index (χ1) is 15.7. The van der Waals surface area contributed by atoms with Crippen LogP contribution in [0.5, 0.6) is 0 Å². The normalized spacial score (nSPS) is 16.8. The minimum Gasteiger partial charge on any atom is -0.377 e. The second-order valence-corrected chi connectivity index (χ2v) is 7.89. The summed E-state index contributed by atoms with van der Waals surface area (Å²) in [4.78, 5) is 19.0. The van der Waals surface area contributed by atoms with E-state index in [0.717, 1.165) is 28.0 Å². The van der Waals surface area contributed by atoms with E-state index in [-0.39, 0.29) is 6.04 Å². The molecule has 0 aromatic carbocycles. The molecule has 0 saturated carbocycles. The van der Waals surface area contributed by atoms with Gasteiger partial charge in [-0.3, -0.25) is 5.10 Å². The predicted octanol–water partition coefficient (Wildman–Crippen LogP) is 3.93. The largest absolute Gasteiger partial charge is 0.377 e. The van der Waals surface area contributed by atoms with E-state index in [2.05, 4.69) is 37.0 Å². The Morgan fingerprint density at radius 2 is 2.09 bits per heavy atom. The number of aromatic nitrogens is 6. The molecule has 8 nitrogen and oxygen atoms in total. The molecule has 0 spiro atoms. The van der Waals surface area contributed by atoms with E-state index in [0.29, 0.717) is 42.0 Å². The van der Waals surface area contributed by atoms with Gasteiger partial charge in [0.05, 0.1) is 31.1 Å². The van der Waals surface area contributed by atoms with Gasteiger partial charge in [0.1, 0.15) is 22.7 Å². The van der Waals surface area contributed by atoms with Crippen molar-refractivity contribution in [2.45, 2.75) is 13.0 Å². The van der Waals surface area contributed by atoms with Crippen molar-refractivity contribution in [1.29, 1.82) is 0 Å². The molecule has 32 heavy (non-hydrogen) atoms. The lowest BCUT2D eigenvalue weighted by molar-refractivity contribution is 0.0986. The molecule has 1 saturated heterocycles. The number of nitrogens with one attached hydrogen (secondary N) is 2. The van der Waals surface area contributed by atoms with E-state index in [4.69, 9.17) is 9.72 Å². The zero-order valence-electron chi connectivity index (χ0n) is 17.3. The number of hydrogen-bond acceptors (Lipinski definition) is 6. The van der Waals surface area contributed by atoms with E-state index in [1.807, 2.05) is 30.5 Å². The van der Waals surface area contributed by atoms with Gasteiger partial charge in [0, 0.05) is 35.9 Å². The SMILES string of the molecule is C[C@@H]1COCCN1c1cc(-c2ccnc3[nH]ccc23)c2c(F)cnc(-c3ccn[nH]3)c2n1. The van der Waals surface area contributed by atoms with Crippen LogP contribution in [0.3, 0.4) is 0 Å². The fraction of sp³-hybridized carbons (Fsp3) is 0.217. The van der Waals surface area contributed by atoms with Crippen molar-refractivity contribution in [1.82, 2.24) is 30.1 Å². The van der Waals surface area contributed by atoms with E-state index in [9.17, 15) is 0 Å². The molecule has 0 aliphatic carbocycles. The number of fused-ring (bicyclic) bond motifs is 2. The van der Waals surface area contributed by atoms with Gasteiger partial charge in [-0.15, -0.1) is 0 Å². The van der Waals surface area contributed by atoms with Crippen molar-refractivity contribution >= 4 is 27.8 Å². The topological polar surface area (TPSA) is 95.6 Å².